The third-order valence-electron chi connectivity index (χ3n) is 0.660. The van der Waals surface area contributed by atoms with Crippen LogP contribution in [0.4, 0.5) is 0 Å². The summed E-state index contributed by atoms with van der Waals surface area (Å²) in [5.74, 6) is -2.76. The highest BCUT2D eigenvalue weighted by Crippen LogP contribution is 1.73. The van der Waals surface area contributed by atoms with Crippen LogP contribution in [0.3, 0.4) is 0 Å². The van der Waals surface area contributed by atoms with Crippen LogP contribution in [0.2, 0.25) is 0 Å². The maximum absolute atomic E-state index is 9.45. The number of hydrogen-bond acceptors (Lipinski definition) is 5. The lowest BCUT2D eigenvalue weighted by Crippen LogP contribution is -2.13. The van der Waals surface area contributed by atoms with Crippen molar-refractivity contribution in [2.45, 2.75) is 40.2 Å². The van der Waals surface area contributed by atoms with Crippen LogP contribution in [-0.4, -0.2) is 56.2 Å². The SMILES string of the molecule is CC(=O)O.CC(O)C(=O)O.CCC(=O)O.CCO. The Labute approximate surface area is 105 Å². The number of aliphatic hydroxyl groups excluding tert-OH is 2. The molecule has 0 aromatic carbocycles. The highest BCUT2D eigenvalue weighted by atomic mass is 16.4. The predicted molar refractivity (Wildman–Crippen MR) is 63.3 cm³/mol. The molecule has 0 aromatic heterocycles. The summed E-state index contributed by atoms with van der Waals surface area (Å²) in [5.41, 5.74) is 0. The average Bonchev–Trinajstić information content (AvgIpc) is 2.18. The second kappa shape index (κ2) is 20.7. The van der Waals surface area contributed by atoms with Gasteiger partial charge in [0, 0.05) is 20.0 Å². The molecule has 0 bridgehead atoms. The molecule has 0 aromatic rings. The highest BCUT2D eigenvalue weighted by Gasteiger charge is 2.01. The van der Waals surface area contributed by atoms with Gasteiger partial charge in [0.25, 0.3) is 5.97 Å². The van der Waals surface area contributed by atoms with E-state index in [0.717, 1.165) is 6.92 Å². The topological polar surface area (TPSA) is 152 Å². The Morgan fingerprint density at radius 1 is 1.06 bits per heavy atom. The molecule has 18 heavy (non-hydrogen) atoms. The Bertz CT molecular complexity index is 208. The van der Waals surface area contributed by atoms with Crippen molar-refractivity contribution >= 4 is 17.9 Å². The molecule has 8 nitrogen and oxygen atoms in total. The van der Waals surface area contributed by atoms with Crippen molar-refractivity contribution in [3.63, 3.8) is 0 Å². The van der Waals surface area contributed by atoms with Gasteiger partial charge in [0.15, 0.2) is 0 Å². The summed E-state index contributed by atoms with van der Waals surface area (Å²) in [7, 11) is 0. The van der Waals surface area contributed by atoms with E-state index in [1.54, 1.807) is 13.8 Å². The van der Waals surface area contributed by atoms with Crippen LogP contribution in [0.15, 0.2) is 0 Å². The minimum atomic E-state index is -1.23. The zero-order chi connectivity index (χ0) is 15.7. The van der Waals surface area contributed by atoms with Crippen LogP contribution in [0.1, 0.15) is 34.1 Å². The molecular weight excluding hydrogens is 248 g/mol. The summed E-state index contributed by atoms with van der Waals surface area (Å²) < 4.78 is 0. The molecule has 0 spiro atoms. The van der Waals surface area contributed by atoms with Crippen LogP contribution in [0.5, 0.6) is 0 Å². The highest BCUT2D eigenvalue weighted by molar-refractivity contribution is 5.71. The Hall–Kier alpha value is -1.67. The van der Waals surface area contributed by atoms with Crippen molar-refractivity contribution in [2.75, 3.05) is 6.61 Å². The quantitative estimate of drug-likeness (QED) is 0.471. The molecule has 1 unspecified atom stereocenters. The largest absolute Gasteiger partial charge is 0.481 e. The van der Waals surface area contributed by atoms with E-state index in [2.05, 4.69) is 0 Å². The standard InChI is InChI=1S/C3H6O3.C3H6O2.C2H4O2.C2H6O/c1-2(4)3(5)6;1-2-3(4)5;1-2(3)4;1-2-3/h2,4H,1H3,(H,5,6);2H2,1H3,(H,4,5);1H3,(H,3,4);3H,2H2,1H3. The van der Waals surface area contributed by atoms with Gasteiger partial charge in [-0.25, -0.2) is 4.79 Å². The van der Waals surface area contributed by atoms with Gasteiger partial charge < -0.3 is 25.5 Å². The van der Waals surface area contributed by atoms with Gasteiger partial charge in [0.2, 0.25) is 0 Å². The number of hydrogen-bond donors (Lipinski definition) is 5. The Kier molecular flexibility index (Phi) is 29.0. The van der Waals surface area contributed by atoms with Gasteiger partial charge in [-0.05, 0) is 13.8 Å². The first-order valence-electron chi connectivity index (χ1n) is 4.99. The van der Waals surface area contributed by atoms with Crippen molar-refractivity contribution in [3.8, 4) is 0 Å². The fraction of sp³-hybridized carbons (Fsp3) is 0.700. The molecule has 0 fully saturated rings. The third-order valence-corrected chi connectivity index (χ3v) is 0.660. The van der Waals surface area contributed by atoms with E-state index in [9.17, 15) is 9.59 Å². The average molecular weight is 270 g/mol. The zero-order valence-corrected chi connectivity index (χ0v) is 11.0. The first-order valence-corrected chi connectivity index (χ1v) is 4.99. The molecule has 0 radical (unpaired) electrons. The lowest BCUT2D eigenvalue weighted by Gasteiger charge is -1.89. The lowest BCUT2D eigenvalue weighted by atomic mass is 10.4. The van der Waals surface area contributed by atoms with Gasteiger partial charge in [0.1, 0.15) is 6.10 Å². The monoisotopic (exact) mass is 270 g/mol. The van der Waals surface area contributed by atoms with Crippen molar-refractivity contribution in [1.82, 2.24) is 0 Å². The van der Waals surface area contributed by atoms with Crippen LogP contribution in [-0.2, 0) is 14.4 Å². The summed E-state index contributed by atoms with van der Waals surface area (Å²) in [6, 6.07) is 0. The Morgan fingerprint density at radius 3 is 1.17 bits per heavy atom. The first-order chi connectivity index (χ1) is 8.06. The molecule has 0 aliphatic heterocycles. The van der Waals surface area contributed by atoms with E-state index in [1.165, 1.54) is 6.92 Å². The molecule has 0 heterocycles. The van der Waals surface area contributed by atoms with Gasteiger partial charge in [-0.15, -0.1) is 0 Å². The maximum atomic E-state index is 9.45. The number of carboxylic acids is 3. The van der Waals surface area contributed by atoms with E-state index in [-0.39, 0.29) is 13.0 Å². The van der Waals surface area contributed by atoms with E-state index < -0.39 is 24.0 Å². The minimum absolute atomic E-state index is 0.222. The molecule has 0 saturated heterocycles. The zero-order valence-electron chi connectivity index (χ0n) is 11.0. The first kappa shape index (κ1) is 25.2. The normalized spacial score (nSPS) is 9.00. The number of carboxylic acid groups (broad SMARTS) is 3. The molecule has 0 amide bonds. The smallest absolute Gasteiger partial charge is 0.332 e. The molecular formula is C10H22O8. The summed E-state index contributed by atoms with van der Waals surface area (Å²) in [4.78, 5) is 27.8. The van der Waals surface area contributed by atoms with Gasteiger partial charge in [0.05, 0.1) is 0 Å². The molecule has 0 aliphatic carbocycles. The number of rotatable bonds is 2. The number of aliphatic hydroxyl groups is 2. The maximum Gasteiger partial charge on any atom is 0.332 e. The van der Waals surface area contributed by atoms with Crippen molar-refractivity contribution in [2.24, 2.45) is 0 Å². The van der Waals surface area contributed by atoms with E-state index in [4.69, 9.17) is 30.3 Å². The van der Waals surface area contributed by atoms with Gasteiger partial charge in [-0.2, -0.15) is 0 Å². The third kappa shape index (κ3) is 136. The van der Waals surface area contributed by atoms with E-state index >= 15 is 0 Å². The molecule has 0 saturated carbocycles. The lowest BCUT2D eigenvalue weighted by molar-refractivity contribution is -0.145. The fourth-order valence-electron chi connectivity index (χ4n) is 0. The van der Waals surface area contributed by atoms with Crippen molar-refractivity contribution in [1.29, 1.82) is 0 Å². The summed E-state index contributed by atoms with van der Waals surface area (Å²) in [6.45, 7) is 5.81. The van der Waals surface area contributed by atoms with E-state index in [0.29, 0.717) is 0 Å². The number of aliphatic carboxylic acids is 3. The van der Waals surface area contributed by atoms with Crippen LogP contribution < -0.4 is 0 Å². The van der Waals surface area contributed by atoms with Gasteiger partial charge in [-0.3, -0.25) is 9.59 Å². The van der Waals surface area contributed by atoms with Crippen LogP contribution >= 0.6 is 0 Å². The number of carbonyl (C=O) groups is 3. The molecule has 1 atom stereocenters. The molecule has 5 N–H and O–H groups in total. The van der Waals surface area contributed by atoms with Gasteiger partial charge in [-0.1, -0.05) is 6.92 Å². The Balaban J connectivity index is -0.0000000750. The minimum Gasteiger partial charge on any atom is -0.481 e. The Morgan fingerprint density at radius 2 is 1.17 bits per heavy atom. The molecule has 0 rings (SSSR count). The summed E-state index contributed by atoms with van der Waals surface area (Å²) in [5, 5.41) is 38.5. The molecule has 0 aliphatic rings. The molecule has 110 valence electrons. The fourth-order valence-corrected chi connectivity index (χ4v) is 0. The second-order valence-electron chi connectivity index (χ2n) is 2.60. The van der Waals surface area contributed by atoms with Crippen molar-refractivity contribution < 1.29 is 39.9 Å². The van der Waals surface area contributed by atoms with Crippen LogP contribution in [0.25, 0.3) is 0 Å². The van der Waals surface area contributed by atoms with Crippen LogP contribution in [0, 0.1) is 0 Å². The summed E-state index contributed by atoms with van der Waals surface area (Å²) >= 11 is 0. The molecule has 8 heteroatoms. The van der Waals surface area contributed by atoms with E-state index in [1.807, 2.05) is 0 Å². The predicted octanol–water partition coefficient (Wildman–Crippen LogP) is 0.0223. The second-order valence-corrected chi connectivity index (χ2v) is 2.60. The van der Waals surface area contributed by atoms with Crippen molar-refractivity contribution in [3.05, 3.63) is 0 Å². The summed E-state index contributed by atoms with van der Waals surface area (Å²) in [6.07, 6.45) is -1.01. The van der Waals surface area contributed by atoms with Gasteiger partial charge >= 0.3 is 11.9 Å².